The van der Waals surface area contributed by atoms with Crippen LogP contribution in [0.2, 0.25) is 5.02 Å². The number of hydrogen-bond acceptors (Lipinski definition) is 5. The monoisotopic (exact) mass is 495 g/mol. The molecule has 0 unspecified atom stereocenters. The first-order valence-corrected chi connectivity index (χ1v) is 10.7. The summed E-state index contributed by atoms with van der Waals surface area (Å²) < 4.78 is 50.3. The highest BCUT2D eigenvalue weighted by atomic mass is 35.5. The van der Waals surface area contributed by atoms with Crippen LogP contribution in [0, 0.1) is 0 Å². The molecule has 164 valence electrons. The number of methoxy groups -OCH3 is 1. The highest BCUT2D eigenvalue weighted by Crippen LogP contribution is 2.39. The van der Waals surface area contributed by atoms with Crippen molar-refractivity contribution in [2.75, 3.05) is 12.0 Å². The molecule has 10 heteroatoms. The van der Waals surface area contributed by atoms with Gasteiger partial charge in [0.05, 0.1) is 28.3 Å². The zero-order valence-electron chi connectivity index (χ0n) is 16.3. The molecule has 2 heterocycles. The Balaban J connectivity index is 1.61. The van der Waals surface area contributed by atoms with Gasteiger partial charge in [-0.1, -0.05) is 35.6 Å². The number of rotatable bonds is 4. The third-order valence-corrected chi connectivity index (χ3v) is 6.22. The van der Waals surface area contributed by atoms with E-state index in [2.05, 4.69) is 0 Å². The molecular formula is C22H13ClF3NO3S2. The predicted octanol–water partition coefficient (Wildman–Crippen LogP) is 7.03. The molecule has 0 radical (unpaired) electrons. The molecule has 0 aliphatic carbocycles. The summed E-state index contributed by atoms with van der Waals surface area (Å²) >= 11 is 12.5. The van der Waals surface area contributed by atoms with E-state index in [1.807, 2.05) is 0 Å². The van der Waals surface area contributed by atoms with E-state index in [0.29, 0.717) is 20.7 Å². The lowest BCUT2D eigenvalue weighted by molar-refractivity contribution is -0.137. The Labute approximate surface area is 195 Å². The van der Waals surface area contributed by atoms with Gasteiger partial charge in [0, 0.05) is 11.6 Å². The van der Waals surface area contributed by atoms with Crippen molar-refractivity contribution in [2.24, 2.45) is 0 Å². The van der Waals surface area contributed by atoms with Gasteiger partial charge in [-0.25, -0.2) is 0 Å². The van der Waals surface area contributed by atoms with E-state index in [1.165, 1.54) is 23.1 Å². The van der Waals surface area contributed by atoms with E-state index in [-0.39, 0.29) is 28.0 Å². The number of amides is 1. The Hall–Kier alpha value is -2.75. The van der Waals surface area contributed by atoms with E-state index in [1.54, 1.807) is 37.4 Å². The molecule has 0 bridgehead atoms. The molecule has 1 saturated heterocycles. The van der Waals surface area contributed by atoms with Gasteiger partial charge in [-0.3, -0.25) is 9.69 Å². The summed E-state index contributed by atoms with van der Waals surface area (Å²) in [7, 11) is 1.54. The third kappa shape index (κ3) is 4.41. The molecule has 2 aromatic carbocycles. The second-order valence-electron chi connectivity index (χ2n) is 6.61. The largest absolute Gasteiger partial charge is 0.497 e. The smallest absolute Gasteiger partial charge is 0.416 e. The van der Waals surface area contributed by atoms with Gasteiger partial charge >= 0.3 is 6.18 Å². The lowest BCUT2D eigenvalue weighted by atomic mass is 10.1. The Morgan fingerprint density at radius 2 is 1.84 bits per heavy atom. The van der Waals surface area contributed by atoms with Crippen LogP contribution in [0.25, 0.3) is 17.4 Å². The minimum Gasteiger partial charge on any atom is -0.497 e. The molecule has 0 saturated carbocycles. The van der Waals surface area contributed by atoms with Crippen LogP contribution < -0.4 is 9.64 Å². The molecule has 4 nitrogen and oxygen atoms in total. The van der Waals surface area contributed by atoms with Crippen LogP contribution in [0.3, 0.4) is 0 Å². The SMILES string of the molecule is COc1ccc(N2C(=O)/C(=C/c3ccc(-c4cc(C(F)(F)F)ccc4Cl)o3)SC2=S)cc1. The first-order valence-electron chi connectivity index (χ1n) is 9.06. The number of alkyl halides is 3. The van der Waals surface area contributed by atoms with Gasteiger partial charge in [0.2, 0.25) is 0 Å². The molecule has 0 atom stereocenters. The van der Waals surface area contributed by atoms with Crippen molar-refractivity contribution in [3.05, 3.63) is 75.8 Å². The fourth-order valence-electron chi connectivity index (χ4n) is 3.02. The van der Waals surface area contributed by atoms with Crippen LogP contribution in [0.5, 0.6) is 5.75 Å². The van der Waals surface area contributed by atoms with Crippen molar-refractivity contribution in [3.8, 4) is 17.1 Å². The second kappa shape index (κ2) is 8.65. The van der Waals surface area contributed by atoms with Crippen molar-refractivity contribution in [1.82, 2.24) is 0 Å². The molecule has 0 spiro atoms. The minimum atomic E-state index is -4.51. The van der Waals surface area contributed by atoms with Gasteiger partial charge in [0.1, 0.15) is 17.3 Å². The van der Waals surface area contributed by atoms with Crippen LogP contribution in [0.15, 0.2) is 63.9 Å². The summed E-state index contributed by atoms with van der Waals surface area (Å²) in [5.74, 6) is 0.744. The lowest BCUT2D eigenvalue weighted by Gasteiger charge is -2.14. The fraction of sp³-hybridized carbons (Fsp3) is 0.0909. The summed E-state index contributed by atoms with van der Waals surface area (Å²) in [4.78, 5) is 14.6. The van der Waals surface area contributed by atoms with Crippen LogP contribution in [0.4, 0.5) is 18.9 Å². The molecule has 3 aromatic rings. The number of anilines is 1. The normalized spacial score (nSPS) is 15.7. The van der Waals surface area contributed by atoms with Crippen molar-refractivity contribution < 1.29 is 27.1 Å². The average molecular weight is 496 g/mol. The highest BCUT2D eigenvalue weighted by Gasteiger charge is 2.34. The van der Waals surface area contributed by atoms with E-state index < -0.39 is 11.7 Å². The molecule has 1 aromatic heterocycles. The molecule has 4 rings (SSSR count). The fourth-order valence-corrected chi connectivity index (χ4v) is 4.51. The van der Waals surface area contributed by atoms with Gasteiger partial charge in [0.25, 0.3) is 5.91 Å². The quantitative estimate of drug-likeness (QED) is 0.287. The maximum atomic E-state index is 13.0. The highest BCUT2D eigenvalue weighted by molar-refractivity contribution is 8.27. The average Bonchev–Trinajstić information content (AvgIpc) is 3.32. The predicted molar refractivity (Wildman–Crippen MR) is 123 cm³/mol. The number of hydrogen-bond donors (Lipinski definition) is 0. The maximum Gasteiger partial charge on any atom is 0.416 e. The van der Waals surface area contributed by atoms with Crippen molar-refractivity contribution in [3.63, 3.8) is 0 Å². The van der Waals surface area contributed by atoms with Crippen LogP contribution in [0.1, 0.15) is 11.3 Å². The number of nitrogens with zero attached hydrogens (tertiary/aromatic N) is 1. The number of carbonyl (C=O) groups excluding carboxylic acids is 1. The molecule has 0 N–H and O–H groups in total. The Morgan fingerprint density at radius 1 is 1.12 bits per heavy atom. The standard InChI is InChI=1S/C22H13ClF3NO3S2/c1-29-14-5-3-13(4-6-14)27-20(28)19(32-21(27)31)11-15-7-9-18(30-15)16-10-12(22(24,25)26)2-8-17(16)23/h2-11H,1H3/b19-11-. The number of ether oxygens (including phenoxy) is 1. The number of thioether (sulfide) groups is 1. The lowest BCUT2D eigenvalue weighted by Crippen LogP contribution is -2.27. The van der Waals surface area contributed by atoms with Crippen LogP contribution >= 0.6 is 35.6 Å². The minimum absolute atomic E-state index is 0.104. The number of furan rings is 1. The second-order valence-corrected chi connectivity index (χ2v) is 8.69. The molecule has 1 fully saturated rings. The molecular weight excluding hydrogens is 483 g/mol. The van der Waals surface area contributed by atoms with Crippen molar-refractivity contribution >= 4 is 57.6 Å². The Bertz CT molecular complexity index is 1240. The van der Waals surface area contributed by atoms with Crippen LogP contribution in [-0.2, 0) is 11.0 Å². The summed E-state index contributed by atoms with van der Waals surface area (Å²) in [6, 6.07) is 12.9. The van der Waals surface area contributed by atoms with Gasteiger partial charge in [-0.15, -0.1) is 0 Å². The maximum absolute atomic E-state index is 13.0. The summed E-state index contributed by atoms with van der Waals surface area (Å²) in [6.07, 6.45) is -3.02. The van der Waals surface area contributed by atoms with Crippen LogP contribution in [-0.4, -0.2) is 17.3 Å². The van der Waals surface area contributed by atoms with E-state index in [4.69, 9.17) is 33.0 Å². The summed E-state index contributed by atoms with van der Waals surface area (Å²) in [5.41, 5.74) is -0.144. The van der Waals surface area contributed by atoms with Gasteiger partial charge in [0.15, 0.2) is 4.32 Å². The van der Waals surface area contributed by atoms with E-state index in [9.17, 15) is 18.0 Å². The Kier molecular flexibility index (Phi) is 6.07. The Morgan fingerprint density at radius 3 is 2.50 bits per heavy atom. The molecule has 1 aliphatic rings. The number of carbonyl (C=O) groups is 1. The third-order valence-electron chi connectivity index (χ3n) is 4.58. The van der Waals surface area contributed by atoms with Gasteiger partial charge in [-0.05, 0) is 54.6 Å². The molecule has 32 heavy (non-hydrogen) atoms. The number of halogens is 4. The number of thiocarbonyl (C=S) groups is 1. The summed E-state index contributed by atoms with van der Waals surface area (Å²) in [5, 5.41) is 0.115. The topological polar surface area (TPSA) is 42.7 Å². The van der Waals surface area contributed by atoms with Gasteiger partial charge < -0.3 is 9.15 Å². The van der Waals surface area contributed by atoms with E-state index in [0.717, 1.165) is 23.9 Å². The first kappa shape index (κ1) is 22.4. The van der Waals surface area contributed by atoms with Gasteiger partial charge in [-0.2, -0.15) is 13.2 Å². The summed E-state index contributed by atoms with van der Waals surface area (Å²) in [6.45, 7) is 0. The van der Waals surface area contributed by atoms with Crippen molar-refractivity contribution in [1.29, 1.82) is 0 Å². The van der Waals surface area contributed by atoms with Crippen molar-refractivity contribution in [2.45, 2.75) is 6.18 Å². The molecule has 1 amide bonds. The number of benzene rings is 2. The zero-order valence-corrected chi connectivity index (χ0v) is 18.7. The molecule has 1 aliphatic heterocycles. The first-order chi connectivity index (χ1) is 15.2. The van der Waals surface area contributed by atoms with E-state index >= 15 is 0 Å². The zero-order chi connectivity index (χ0) is 23.0.